The molecule has 0 saturated heterocycles. The lowest BCUT2D eigenvalue weighted by Crippen LogP contribution is -2.34. The average molecular weight is 316 g/mol. The van der Waals surface area contributed by atoms with Gasteiger partial charge in [0.15, 0.2) is 0 Å². The van der Waals surface area contributed by atoms with Crippen molar-refractivity contribution in [2.24, 2.45) is 0 Å². The monoisotopic (exact) mass is 315 g/mol. The molecule has 7 heteroatoms. The molecular weight excluding hydrogens is 302 g/mol. The van der Waals surface area contributed by atoms with E-state index in [9.17, 15) is 13.2 Å². The van der Waals surface area contributed by atoms with E-state index in [0.717, 1.165) is 5.56 Å². The summed E-state index contributed by atoms with van der Waals surface area (Å²) >= 11 is 11.7. The lowest BCUT2D eigenvalue weighted by atomic mass is 10.1. The SMILES string of the molecule is CNC(COCC(F)(F)F)Cc1ccc(Cl)c(Cl)c1. The molecule has 0 aliphatic rings. The lowest BCUT2D eigenvalue weighted by molar-refractivity contribution is -0.175. The summed E-state index contributed by atoms with van der Waals surface area (Å²) in [6, 6.07) is 4.91. The van der Waals surface area contributed by atoms with Gasteiger partial charge in [-0.1, -0.05) is 29.3 Å². The van der Waals surface area contributed by atoms with Crippen LogP contribution in [0.5, 0.6) is 0 Å². The van der Waals surface area contributed by atoms with Gasteiger partial charge in [-0.3, -0.25) is 0 Å². The Morgan fingerprint density at radius 1 is 1.26 bits per heavy atom. The minimum atomic E-state index is -4.30. The molecule has 0 aliphatic carbocycles. The second kappa shape index (κ2) is 7.33. The number of alkyl halides is 3. The van der Waals surface area contributed by atoms with Crippen molar-refractivity contribution < 1.29 is 17.9 Å². The Bertz CT molecular complexity index is 412. The van der Waals surface area contributed by atoms with Gasteiger partial charge in [0.25, 0.3) is 0 Å². The number of rotatable bonds is 6. The van der Waals surface area contributed by atoms with Crippen molar-refractivity contribution in [2.45, 2.75) is 18.6 Å². The first-order valence-electron chi connectivity index (χ1n) is 5.57. The van der Waals surface area contributed by atoms with Gasteiger partial charge in [-0.05, 0) is 31.2 Å². The Labute approximate surface area is 119 Å². The molecule has 1 unspecified atom stereocenters. The van der Waals surface area contributed by atoms with Gasteiger partial charge in [0.2, 0.25) is 0 Å². The number of hydrogen-bond acceptors (Lipinski definition) is 2. The lowest BCUT2D eigenvalue weighted by Gasteiger charge is -2.17. The first kappa shape index (κ1) is 16.6. The second-order valence-corrected chi connectivity index (χ2v) is 4.88. The Morgan fingerprint density at radius 2 is 1.95 bits per heavy atom. The first-order valence-corrected chi connectivity index (χ1v) is 6.33. The molecule has 0 bridgehead atoms. The molecule has 0 spiro atoms. The van der Waals surface area contributed by atoms with E-state index in [2.05, 4.69) is 10.1 Å². The van der Waals surface area contributed by atoms with Crippen LogP contribution in [0.2, 0.25) is 10.0 Å². The maximum atomic E-state index is 12.0. The summed E-state index contributed by atoms with van der Waals surface area (Å²) in [5, 5.41) is 3.77. The van der Waals surface area contributed by atoms with Crippen LogP contribution in [-0.4, -0.2) is 32.5 Å². The zero-order valence-electron chi connectivity index (χ0n) is 10.2. The van der Waals surface area contributed by atoms with E-state index in [-0.39, 0.29) is 12.6 Å². The molecule has 19 heavy (non-hydrogen) atoms. The van der Waals surface area contributed by atoms with Crippen LogP contribution < -0.4 is 5.32 Å². The number of nitrogens with one attached hydrogen (secondary N) is 1. The third-order valence-electron chi connectivity index (χ3n) is 2.46. The van der Waals surface area contributed by atoms with E-state index in [0.29, 0.717) is 16.5 Å². The van der Waals surface area contributed by atoms with Crippen LogP contribution in [0.3, 0.4) is 0 Å². The maximum absolute atomic E-state index is 12.0. The van der Waals surface area contributed by atoms with E-state index < -0.39 is 12.8 Å². The van der Waals surface area contributed by atoms with Crippen LogP contribution in [0, 0.1) is 0 Å². The minimum Gasteiger partial charge on any atom is -0.370 e. The summed E-state index contributed by atoms with van der Waals surface area (Å²) in [5.74, 6) is 0. The maximum Gasteiger partial charge on any atom is 0.411 e. The number of ether oxygens (including phenoxy) is 1. The molecule has 0 saturated carbocycles. The van der Waals surface area contributed by atoms with Crippen LogP contribution >= 0.6 is 23.2 Å². The number of hydrogen-bond donors (Lipinski definition) is 1. The van der Waals surface area contributed by atoms with Crippen molar-refractivity contribution >= 4 is 23.2 Å². The Hall–Kier alpha value is -0.490. The summed E-state index contributed by atoms with van der Waals surface area (Å²) in [5.41, 5.74) is 0.879. The third kappa shape index (κ3) is 6.47. The normalized spacial score (nSPS) is 13.6. The molecule has 1 atom stereocenters. The molecule has 108 valence electrons. The van der Waals surface area contributed by atoms with Crippen molar-refractivity contribution in [3.63, 3.8) is 0 Å². The fourth-order valence-electron chi connectivity index (χ4n) is 1.51. The second-order valence-electron chi connectivity index (χ2n) is 4.07. The van der Waals surface area contributed by atoms with Crippen molar-refractivity contribution in [2.75, 3.05) is 20.3 Å². The van der Waals surface area contributed by atoms with E-state index in [1.165, 1.54) is 0 Å². The summed E-state index contributed by atoms with van der Waals surface area (Å²) in [6.07, 6.45) is -3.80. The summed E-state index contributed by atoms with van der Waals surface area (Å²) in [6.45, 7) is -1.27. The van der Waals surface area contributed by atoms with Gasteiger partial charge in [0, 0.05) is 6.04 Å². The van der Waals surface area contributed by atoms with Gasteiger partial charge in [0.1, 0.15) is 6.61 Å². The predicted molar refractivity (Wildman–Crippen MR) is 69.9 cm³/mol. The molecule has 1 aromatic carbocycles. The van der Waals surface area contributed by atoms with Crippen LogP contribution in [0.15, 0.2) is 18.2 Å². The molecule has 1 rings (SSSR count). The fraction of sp³-hybridized carbons (Fsp3) is 0.500. The van der Waals surface area contributed by atoms with Crippen LogP contribution in [-0.2, 0) is 11.2 Å². The largest absolute Gasteiger partial charge is 0.411 e. The molecule has 0 amide bonds. The summed E-state index contributed by atoms with van der Waals surface area (Å²) < 4.78 is 40.5. The highest BCUT2D eigenvalue weighted by Gasteiger charge is 2.27. The summed E-state index contributed by atoms with van der Waals surface area (Å²) in [7, 11) is 1.67. The smallest absolute Gasteiger partial charge is 0.370 e. The molecule has 0 aliphatic heterocycles. The molecular formula is C12H14Cl2F3NO. The van der Waals surface area contributed by atoms with Crippen molar-refractivity contribution in [3.8, 4) is 0 Å². The van der Waals surface area contributed by atoms with Gasteiger partial charge in [-0.15, -0.1) is 0 Å². The van der Waals surface area contributed by atoms with E-state index >= 15 is 0 Å². The van der Waals surface area contributed by atoms with Gasteiger partial charge in [0.05, 0.1) is 16.7 Å². The van der Waals surface area contributed by atoms with Crippen molar-refractivity contribution in [1.29, 1.82) is 0 Å². The molecule has 0 aromatic heterocycles. The van der Waals surface area contributed by atoms with Gasteiger partial charge >= 0.3 is 6.18 Å². The third-order valence-corrected chi connectivity index (χ3v) is 3.20. The summed E-state index contributed by atoms with van der Waals surface area (Å²) in [4.78, 5) is 0. The van der Waals surface area contributed by atoms with E-state index in [4.69, 9.17) is 23.2 Å². The number of benzene rings is 1. The fourth-order valence-corrected chi connectivity index (χ4v) is 1.83. The standard InChI is InChI=1S/C12H14Cl2F3NO/c1-18-9(6-19-7-12(15,16)17)4-8-2-3-10(13)11(14)5-8/h2-3,5,9,18H,4,6-7H2,1H3. The Morgan fingerprint density at radius 3 is 2.47 bits per heavy atom. The van der Waals surface area contributed by atoms with E-state index in [1.54, 1.807) is 25.2 Å². The zero-order valence-corrected chi connectivity index (χ0v) is 11.7. The molecule has 1 N–H and O–H groups in total. The number of likely N-dealkylation sites (N-methyl/N-ethyl adjacent to an activating group) is 1. The molecule has 1 aromatic rings. The average Bonchev–Trinajstić information content (AvgIpc) is 2.31. The van der Waals surface area contributed by atoms with Crippen molar-refractivity contribution in [1.82, 2.24) is 5.32 Å². The highest BCUT2D eigenvalue weighted by molar-refractivity contribution is 6.42. The van der Waals surface area contributed by atoms with Crippen LogP contribution in [0.1, 0.15) is 5.56 Å². The van der Waals surface area contributed by atoms with Crippen molar-refractivity contribution in [3.05, 3.63) is 33.8 Å². The molecule has 2 nitrogen and oxygen atoms in total. The molecule has 0 heterocycles. The Kier molecular flexibility index (Phi) is 6.39. The molecule has 0 fully saturated rings. The van der Waals surface area contributed by atoms with Crippen LogP contribution in [0.4, 0.5) is 13.2 Å². The highest BCUT2D eigenvalue weighted by Crippen LogP contribution is 2.23. The van der Waals surface area contributed by atoms with Gasteiger partial charge in [-0.2, -0.15) is 13.2 Å². The first-order chi connectivity index (χ1) is 8.81. The zero-order chi connectivity index (χ0) is 14.5. The van der Waals surface area contributed by atoms with Gasteiger partial charge < -0.3 is 10.1 Å². The highest BCUT2D eigenvalue weighted by atomic mass is 35.5. The molecule has 0 radical (unpaired) electrons. The van der Waals surface area contributed by atoms with Crippen LogP contribution in [0.25, 0.3) is 0 Å². The quantitative estimate of drug-likeness (QED) is 0.864. The minimum absolute atomic E-state index is 0.0315. The van der Waals surface area contributed by atoms with Gasteiger partial charge in [-0.25, -0.2) is 0 Å². The number of halogens is 5. The topological polar surface area (TPSA) is 21.3 Å². The Balaban J connectivity index is 2.49. The predicted octanol–water partition coefficient (Wildman–Crippen LogP) is 3.70. The van der Waals surface area contributed by atoms with E-state index in [1.807, 2.05) is 0 Å².